The third-order valence-corrected chi connectivity index (χ3v) is 11.3. The van der Waals surface area contributed by atoms with Gasteiger partial charge in [-0.2, -0.15) is 0 Å². The van der Waals surface area contributed by atoms with Gasteiger partial charge < -0.3 is 4.57 Å². The van der Waals surface area contributed by atoms with E-state index in [0.717, 1.165) is 66.7 Å². The van der Waals surface area contributed by atoms with Crippen LogP contribution < -0.4 is 0 Å². The molecule has 0 fully saturated rings. The number of hydrogen-bond acceptors (Lipinski definition) is 6. The van der Waals surface area contributed by atoms with Crippen molar-refractivity contribution in [3.63, 3.8) is 0 Å². The average Bonchev–Trinajstić information content (AvgIpc) is 3.66. The smallest absolute Gasteiger partial charge is 0.164 e. The Kier molecular flexibility index (Phi) is 9.24. The van der Waals surface area contributed by atoms with Crippen molar-refractivity contribution in [1.29, 1.82) is 0 Å². The van der Waals surface area contributed by atoms with Crippen LogP contribution in [0.5, 0.6) is 0 Å². The lowest BCUT2D eigenvalue weighted by Crippen LogP contribution is -2.00. The van der Waals surface area contributed by atoms with Crippen molar-refractivity contribution >= 4 is 21.8 Å². The van der Waals surface area contributed by atoms with E-state index in [-0.39, 0.29) is 0 Å². The molecule has 7 nitrogen and oxygen atoms in total. The number of rotatable bonds is 8. The molecule has 7 heteroatoms. The quantitative estimate of drug-likeness (QED) is 0.152. The van der Waals surface area contributed by atoms with E-state index in [0.29, 0.717) is 34.9 Å². The zero-order valence-corrected chi connectivity index (χ0v) is 33.8. The fraction of sp³-hybridized carbons (Fsp3) is 0.0182. The number of fused-ring (bicyclic) bond motifs is 3. The van der Waals surface area contributed by atoms with E-state index in [1.807, 2.05) is 121 Å². The Balaban J connectivity index is 1.02. The van der Waals surface area contributed by atoms with Gasteiger partial charge in [-0.15, -0.1) is 0 Å². The van der Waals surface area contributed by atoms with E-state index in [4.69, 9.17) is 29.9 Å². The highest BCUT2D eigenvalue weighted by atomic mass is 15.0. The highest BCUT2D eigenvalue weighted by Crippen LogP contribution is 2.41. The molecule has 0 spiro atoms. The zero-order valence-electron chi connectivity index (χ0n) is 33.8. The molecule has 3 heterocycles. The normalized spacial score (nSPS) is 11.3. The van der Waals surface area contributed by atoms with Gasteiger partial charge in [0.1, 0.15) is 0 Å². The minimum Gasteiger partial charge on any atom is -0.343 e. The Morgan fingerprint density at radius 1 is 0.258 bits per heavy atom. The minimum atomic E-state index is 0.621. The van der Waals surface area contributed by atoms with Crippen molar-refractivity contribution in [1.82, 2.24) is 34.5 Å². The molecule has 0 aliphatic heterocycles. The Hall–Kier alpha value is -8.42. The maximum Gasteiger partial charge on any atom is 0.164 e. The summed E-state index contributed by atoms with van der Waals surface area (Å²) in [6.45, 7) is 0. The van der Waals surface area contributed by atoms with Crippen LogP contribution in [-0.4, -0.2) is 34.5 Å². The van der Waals surface area contributed by atoms with Gasteiger partial charge in [0.05, 0.1) is 11.0 Å². The summed E-state index contributed by atoms with van der Waals surface area (Å²) < 4.78 is 2.34. The number of nitrogens with zero attached hydrogens (tertiary/aromatic N) is 7. The molecule has 11 aromatic rings. The summed E-state index contributed by atoms with van der Waals surface area (Å²) >= 11 is 0. The summed E-state index contributed by atoms with van der Waals surface area (Å²) in [5.74, 6) is 3.78. The molecular weight excluding hydrogens is 759 g/mol. The van der Waals surface area contributed by atoms with Crippen molar-refractivity contribution in [3.8, 4) is 90.6 Å². The number of benzene rings is 8. The van der Waals surface area contributed by atoms with Gasteiger partial charge in [0.25, 0.3) is 0 Å². The first-order valence-corrected chi connectivity index (χ1v) is 20.6. The van der Waals surface area contributed by atoms with E-state index in [2.05, 4.69) is 96.5 Å². The molecule has 0 unspecified atom stereocenters. The van der Waals surface area contributed by atoms with Crippen molar-refractivity contribution < 1.29 is 0 Å². The molecule has 0 saturated heterocycles. The first-order chi connectivity index (χ1) is 30.6. The summed E-state index contributed by atoms with van der Waals surface area (Å²) in [5, 5.41) is 2.36. The predicted molar refractivity (Wildman–Crippen MR) is 251 cm³/mol. The van der Waals surface area contributed by atoms with Crippen LogP contribution in [0.1, 0.15) is 0 Å². The molecule has 0 atom stereocenters. The summed E-state index contributed by atoms with van der Waals surface area (Å²) in [6, 6.07) is 70.5. The van der Waals surface area contributed by atoms with E-state index in [1.165, 1.54) is 10.8 Å². The van der Waals surface area contributed by atoms with Gasteiger partial charge in [0, 0.05) is 62.3 Å². The Morgan fingerprint density at radius 2 is 0.516 bits per heavy atom. The summed E-state index contributed by atoms with van der Waals surface area (Å²) in [6.07, 6.45) is 0. The number of aromatic nitrogens is 7. The topological polar surface area (TPSA) is 82.3 Å². The van der Waals surface area contributed by atoms with Gasteiger partial charge in [-0.1, -0.05) is 194 Å². The SMILES string of the molecule is Cn1c2c(-c3cccc(-c4nc(-c5ccccc5)nc(-c5ccccc5)n4)c3)cccc2c2cccc(-c3cccc(-c4nc(-c5ccccc5)nc(-c5ccccc5)n4)c3)c21. The van der Waals surface area contributed by atoms with Crippen LogP contribution in [-0.2, 0) is 7.05 Å². The lowest BCUT2D eigenvalue weighted by Gasteiger charge is -2.12. The van der Waals surface area contributed by atoms with Crippen LogP contribution in [0.4, 0.5) is 0 Å². The first-order valence-electron chi connectivity index (χ1n) is 20.6. The second-order valence-corrected chi connectivity index (χ2v) is 15.2. The van der Waals surface area contributed by atoms with Gasteiger partial charge >= 0.3 is 0 Å². The summed E-state index contributed by atoms with van der Waals surface area (Å²) in [4.78, 5) is 29.9. The fourth-order valence-electron chi connectivity index (χ4n) is 8.35. The standard InChI is InChI=1S/C55H37N7/c1-62-48-44(40-26-14-28-42(34-40)54-58-50(36-18-6-2-7-19-36)56-51(59-54)37-20-8-3-9-21-37)30-16-32-46(48)47-33-17-31-45(49(47)62)41-27-15-29-43(35-41)55-60-52(38-22-10-4-11-23-38)57-53(61-55)39-24-12-5-13-25-39/h2-35H,1H3. The Labute approximate surface area is 358 Å². The Bertz CT molecular complexity index is 3060. The fourth-order valence-corrected chi connectivity index (χ4v) is 8.35. The van der Waals surface area contributed by atoms with Crippen LogP contribution in [0.2, 0.25) is 0 Å². The Morgan fingerprint density at radius 3 is 0.839 bits per heavy atom. The molecule has 11 rings (SSSR count). The van der Waals surface area contributed by atoms with Gasteiger partial charge in [-0.05, 0) is 23.3 Å². The molecule has 292 valence electrons. The molecule has 0 aliphatic rings. The van der Waals surface area contributed by atoms with Gasteiger partial charge in [-0.3, -0.25) is 0 Å². The number of aryl methyl sites for hydroxylation is 1. The average molecular weight is 796 g/mol. The molecule has 0 aliphatic carbocycles. The van der Waals surface area contributed by atoms with Gasteiger partial charge in [0.2, 0.25) is 0 Å². The molecular formula is C55H37N7. The van der Waals surface area contributed by atoms with Crippen LogP contribution >= 0.6 is 0 Å². The molecule has 8 aromatic carbocycles. The highest BCUT2D eigenvalue weighted by molar-refractivity contribution is 6.16. The molecule has 62 heavy (non-hydrogen) atoms. The molecule has 0 radical (unpaired) electrons. The predicted octanol–water partition coefficient (Wildman–Crippen LogP) is 13.0. The van der Waals surface area contributed by atoms with Crippen molar-refractivity contribution in [2.45, 2.75) is 0 Å². The summed E-state index contributed by atoms with van der Waals surface area (Å²) in [7, 11) is 2.17. The van der Waals surface area contributed by atoms with Crippen LogP contribution in [0, 0.1) is 0 Å². The molecule has 3 aromatic heterocycles. The molecule has 0 saturated carbocycles. The van der Waals surface area contributed by atoms with Crippen LogP contribution in [0.25, 0.3) is 112 Å². The minimum absolute atomic E-state index is 0.621. The van der Waals surface area contributed by atoms with Gasteiger partial charge in [0.15, 0.2) is 34.9 Å². The monoisotopic (exact) mass is 795 g/mol. The van der Waals surface area contributed by atoms with E-state index < -0.39 is 0 Å². The lowest BCUT2D eigenvalue weighted by atomic mass is 9.98. The second-order valence-electron chi connectivity index (χ2n) is 15.2. The lowest BCUT2D eigenvalue weighted by molar-refractivity contribution is 1.02. The van der Waals surface area contributed by atoms with Gasteiger partial charge in [-0.25, -0.2) is 29.9 Å². The van der Waals surface area contributed by atoms with Crippen LogP contribution in [0.15, 0.2) is 206 Å². The zero-order chi connectivity index (χ0) is 41.4. The van der Waals surface area contributed by atoms with E-state index in [1.54, 1.807) is 0 Å². The summed E-state index contributed by atoms with van der Waals surface area (Å²) in [5.41, 5.74) is 12.3. The first kappa shape index (κ1) is 36.6. The van der Waals surface area contributed by atoms with Crippen molar-refractivity contribution in [2.24, 2.45) is 7.05 Å². The van der Waals surface area contributed by atoms with Crippen LogP contribution in [0.3, 0.4) is 0 Å². The largest absolute Gasteiger partial charge is 0.343 e. The molecule has 0 bridgehead atoms. The maximum atomic E-state index is 5.02. The molecule has 0 N–H and O–H groups in total. The van der Waals surface area contributed by atoms with E-state index >= 15 is 0 Å². The molecule has 0 amide bonds. The maximum absolute atomic E-state index is 5.02. The van der Waals surface area contributed by atoms with E-state index in [9.17, 15) is 0 Å². The highest BCUT2D eigenvalue weighted by Gasteiger charge is 2.19. The number of hydrogen-bond donors (Lipinski definition) is 0. The van der Waals surface area contributed by atoms with Crippen molar-refractivity contribution in [3.05, 3.63) is 206 Å². The number of para-hydroxylation sites is 2. The second kappa shape index (κ2) is 15.6. The third kappa shape index (κ3) is 6.77. The third-order valence-electron chi connectivity index (χ3n) is 11.3. The van der Waals surface area contributed by atoms with Crippen molar-refractivity contribution in [2.75, 3.05) is 0 Å².